The first-order valence-electron chi connectivity index (χ1n) is 8.33. The molecule has 0 spiro atoms. The predicted molar refractivity (Wildman–Crippen MR) is 103 cm³/mol. The van der Waals surface area contributed by atoms with Crippen LogP contribution in [0.3, 0.4) is 0 Å². The van der Waals surface area contributed by atoms with Gasteiger partial charge in [-0.1, -0.05) is 16.8 Å². The Labute approximate surface area is 167 Å². The van der Waals surface area contributed by atoms with E-state index in [1.54, 1.807) is 13.0 Å². The fourth-order valence-corrected chi connectivity index (χ4v) is 2.80. The van der Waals surface area contributed by atoms with E-state index >= 15 is 0 Å². The largest absolute Gasteiger partial charge is 0.347 e. The third kappa shape index (κ3) is 3.73. The van der Waals surface area contributed by atoms with Crippen molar-refractivity contribution < 1.29 is 14.1 Å². The zero-order chi connectivity index (χ0) is 20.5. The molecule has 0 saturated heterocycles. The lowest BCUT2D eigenvalue weighted by molar-refractivity contribution is 0.312. The van der Waals surface area contributed by atoms with Gasteiger partial charge in [-0.3, -0.25) is 10.6 Å². The molecule has 0 aliphatic carbocycles. The van der Waals surface area contributed by atoms with Gasteiger partial charge in [0.25, 0.3) is 0 Å². The third-order valence-corrected chi connectivity index (χ3v) is 4.27. The highest BCUT2D eigenvalue weighted by Crippen LogP contribution is 2.25. The number of hydrogen-bond acceptors (Lipinski definition) is 8. The number of benzene rings is 1. The number of hydrogen-bond donors (Lipinski definition) is 4. The number of hydroxylamine groups is 1. The summed E-state index contributed by atoms with van der Waals surface area (Å²) in [5.41, 5.74) is 1.22. The number of nitrogens with one attached hydrogen (secondary N) is 3. The molecule has 0 aliphatic rings. The molecule has 0 amide bonds. The molecule has 0 radical (unpaired) electrons. The van der Waals surface area contributed by atoms with E-state index in [1.807, 2.05) is 0 Å². The number of nitrogens with zero attached hydrogens (tertiary/aromatic N) is 5. The van der Waals surface area contributed by atoms with Crippen molar-refractivity contribution in [3.05, 3.63) is 58.6 Å². The van der Waals surface area contributed by atoms with Gasteiger partial charge in [-0.05, 0) is 31.2 Å². The summed E-state index contributed by atoms with van der Waals surface area (Å²) in [6.07, 6.45) is 1.46. The molecule has 148 valence electrons. The Bertz CT molecular complexity index is 1210. The second-order valence-corrected chi connectivity index (χ2v) is 6.40. The molecule has 0 saturated carbocycles. The number of aryl methyl sites for hydroxylation is 1. The van der Waals surface area contributed by atoms with Crippen molar-refractivity contribution in [3.8, 4) is 0 Å². The Balaban J connectivity index is 1.60. The van der Waals surface area contributed by atoms with Gasteiger partial charge in [0.15, 0.2) is 17.3 Å². The number of rotatable bonds is 5. The maximum absolute atomic E-state index is 13.4. The summed E-state index contributed by atoms with van der Waals surface area (Å²) in [5, 5.41) is 25.9. The van der Waals surface area contributed by atoms with Gasteiger partial charge in [0.2, 0.25) is 11.8 Å². The molecular weight excluding hydrogens is 403 g/mol. The fourth-order valence-electron chi connectivity index (χ4n) is 2.62. The smallest absolute Gasteiger partial charge is 0.246 e. The maximum Gasteiger partial charge on any atom is 0.246 e. The van der Waals surface area contributed by atoms with Crippen molar-refractivity contribution >= 4 is 40.2 Å². The number of halogens is 2. The molecule has 10 nitrogen and oxygen atoms in total. The van der Waals surface area contributed by atoms with Crippen LogP contribution in [0.5, 0.6) is 0 Å². The van der Waals surface area contributed by atoms with Crippen molar-refractivity contribution in [2.45, 2.75) is 13.5 Å². The van der Waals surface area contributed by atoms with Crippen molar-refractivity contribution in [3.63, 3.8) is 0 Å². The highest BCUT2D eigenvalue weighted by atomic mass is 35.5. The normalized spacial score (nSPS) is 11.0. The minimum absolute atomic E-state index is 0.135. The monoisotopic (exact) mass is 416 g/mol. The molecule has 3 heterocycles. The second-order valence-electron chi connectivity index (χ2n) is 5.99. The third-order valence-electron chi connectivity index (χ3n) is 3.98. The number of aromatic nitrogens is 5. The van der Waals surface area contributed by atoms with Gasteiger partial charge >= 0.3 is 0 Å². The van der Waals surface area contributed by atoms with Crippen molar-refractivity contribution in [2.24, 2.45) is 0 Å². The highest BCUT2D eigenvalue weighted by Gasteiger charge is 2.18. The van der Waals surface area contributed by atoms with Gasteiger partial charge in [-0.25, -0.2) is 14.4 Å². The second kappa shape index (κ2) is 7.45. The summed E-state index contributed by atoms with van der Waals surface area (Å²) >= 11 is 5.76. The van der Waals surface area contributed by atoms with Gasteiger partial charge in [0, 0.05) is 11.8 Å². The Morgan fingerprint density at radius 1 is 1.38 bits per heavy atom. The molecule has 0 aliphatic heterocycles. The lowest BCUT2D eigenvalue weighted by atomic mass is 10.2. The molecule has 3 aromatic heterocycles. The van der Waals surface area contributed by atoms with E-state index in [9.17, 15) is 9.60 Å². The van der Waals surface area contributed by atoms with E-state index in [0.717, 1.165) is 6.07 Å². The van der Waals surface area contributed by atoms with E-state index in [-0.39, 0.29) is 23.1 Å². The molecule has 4 rings (SSSR count). The molecule has 1 aromatic carbocycles. The molecular formula is C17H14ClFN8O2. The SMILES string of the molecule is Cc1noc(CNc2nc3nccc(C(=N)N(O)c4ccc(F)c(Cl)c4)c3[nH]2)n1. The summed E-state index contributed by atoms with van der Waals surface area (Å²) in [5.74, 6) is 0.384. The number of pyridine rings is 1. The summed E-state index contributed by atoms with van der Waals surface area (Å²) < 4.78 is 18.4. The Hall–Kier alpha value is -3.57. The van der Waals surface area contributed by atoms with Gasteiger partial charge in [-0.2, -0.15) is 9.97 Å². The Kier molecular flexibility index (Phi) is 4.82. The van der Waals surface area contributed by atoms with E-state index < -0.39 is 5.82 Å². The van der Waals surface area contributed by atoms with E-state index in [1.165, 1.54) is 18.3 Å². The minimum atomic E-state index is -0.623. The first-order valence-corrected chi connectivity index (χ1v) is 8.71. The van der Waals surface area contributed by atoms with Crippen LogP contribution in [0.4, 0.5) is 16.0 Å². The molecule has 4 N–H and O–H groups in total. The van der Waals surface area contributed by atoms with E-state index in [4.69, 9.17) is 21.5 Å². The van der Waals surface area contributed by atoms with Crippen LogP contribution < -0.4 is 10.4 Å². The zero-order valence-corrected chi connectivity index (χ0v) is 15.7. The average molecular weight is 417 g/mol. The Morgan fingerprint density at radius 3 is 2.93 bits per heavy atom. The first kappa shape index (κ1) is 18.8. The summed E-state index contributed by atoms with van der Waals surface area (Å²) in [4.78, 5) is 15.6. The lowest BCUT2D eigenvalue weighted by Gasteiger charge is -2.18. The van der Waals surface area contributed by atoms with Crippen LogP contribution in [0.25, 0.3) is 11.2 Å². The summed E-state index contributed by atoms with van der Waals surface area (Å²) in [6.45, 7) is 1.96. The van der Waals surface area contributed by atoms with E-state index in [0.29, 0.717) is 39.5 Å². The summed E-state index contributed by atoms with van der Waals surface area (Å²) in [6, 6.07) is 5.17. The highest BCUT2D eigenvalue weighted by molar-refractivity contribution is 6.31. The van der Waals surface area contributed by atoms with Crippen LogP contribution in [-0.4, -0.2) is 36.1 Å². The Morgan fingerprint density at radius 2 is 2.21 bits per heavy atom. The molecule has 12 heteroatoms. The lowest BCUT2D eigenvalue weighted by Crippen LogP contribution is -2.27. The zero-order valence-electron chi connectivity index (χ0n) is 14.9. The minimum Gasteiger partial charge on any atom is -0.347 e. The number of fused-ring (bicyclic) bond motifs is 1. The van der Waals surface area contributed by atoms with Gasteiger partial charge < -0.3 is 14.8 Å². The van der Waals surface area contributed by atoms with Crippen LogP contribution in [0, 0.1) is 18.2 Å². The van der Waals surface area contributed by atoms with Crippen LogP contribution in [0.15, 0.2) is 35.0 Å². The predicted octanol–water partition coefficient (Wildman–Crippen LogP) is 3.28. The maximum atomic E-state index is 13.4. The van der Waals surface area contributed by atoms with Gasteiger partial charge in [-0.15, -0.1) is 0 Å². The van der Waals surface area contributed by atoms with Crippen LogP contribution in [0.2, 0.25) is 5.02 Å². The van der Waals surface area contributed by atoms with Crippen LogP contribution in [0.1, 0.15) is 17.3 Å². The van der Waals surface area contributed by atoms with Crippen molar-refractivity contribution in [1.82, 2.24) is 25.1 Å². The van der Waals surface area contributed by atoms with Gasteiger partial charge in [0.05, 0.1) is 22.8 Å². The number of H-pyrrole nitrogens is 1. The number of anilines is 2. The van der Waals surface area contributed by atoms with Crippen molar-refractivity contribution in [2.75, 3.05) is 10.4 Å². The molecule has 0 fully saturated rings. The first-order chi connectivity index (χ1) is 13.9. The van der Waals surface area contributed by atoms with Crippen LogP contribution >= 0.6 is 11.6 Å². The average Bonchev–Trinajstić information content (AvgIpc) is 3.32. The molecule has 29 heavy (non-hydrogen) atoms. The molecule has 0 unspecified atom stereocenters. The summed E-state index contributed by atoms with van der Waals surface area (Å²) in [7, 11) is 0. The number of amidine groups is 1. The topological polar surface area (TPSA) is 140 Å². The molecule has 4 aromatic rings. The molecule has 0 bridgehead atoms. The van der Waals surface area contributed by atoms with E-state index in [2.05, 4.69) is 30.4 Å². The standard InChI is InChI=1S/C17H14ClFN8O2/c1-8-23-13(29-26-8)7-22-17-24-14-10(4-5-21-16(14)25-17)15(20)27(28)9-2-3-12(19)11(18)6-9/h2-6,20,28H,7H2,1H3,(H2,21,22,24,25). The molecule has 0 atom stereocenters. The quantitative estimate of drug-likeness (QED) is 0.221. The van der Waals surface area contributed by atoms with Crippen molar-refractivity contribution in [1.29, 1.82) is 5.41 Å². The number of aromatic amines is 1. The van der Waals surface area contributed by atoms with Gasteiger partial charge in [0.1, 0.15) is 5.82 Å². The van der Waals surface area contributed by atoms with Crippen LogP contribution in [-0.2, 0) is 6.54 Å². The fraction of sp³-hybridized carbons (Fsp3) is 0.118. The number of imidazole rings is 1.